The number of rotatable bonds is 6. The van der Waals surface area contributed by atoms with Crippen molar-refractivity contribution in [3.8, 4) is 0 Å². The molecule has 0 bridgehead atoms. The normalized spacial score (nSPS) is 17.6. The summed E-state index contributed by atoms with van der Waals surface area (Å²) in [6.45, 7) is 6.72. The minimum Gasteiger partial charge on any atom is -0.317 e. The predicted molar refractivity (Wildman–Crippen MR) is 88.4 cm³/mol. The van der Waals surface area contributed by atoms with Gasteiger partial charge in [-0.25, -0.2) is 0 Å². The highest BCUT2D eigenvalue weighted by Crippen LogP contribution is 2.29. The van der Waals surface area contributed by atoms with Crippen molar-refractivity contribution in [2.75, 3.05) is 7.05 Å². The summed E-state index contributed by atoms with van der Waals surface area (Å²) < 4.78 is 0. The Labute approximate surface area is 125 Å². The average molecular weight is 273 g/mol. The molecule has 2 rings (SSSR count). The van der Waals surface area contributed by atoms with Gasteiger partial charge in [-0.1, -0.05) is 43.4 Å². The van der Waals surface area contributed by atoms with E-state index in [0.717, 1.165) is 5.92 Å². The van der Waals surface area contributed by atoms with E-state index in [-0.39, 0.29) is 0 Å². The molecule has 0 amide bonds. The summed E-state index contributed by atoms with van der Waals surface area (Å²) in [7, 11) is 2.12. The summed E-state index contributed by atoms with van der Waals surface area (Å²) in [5, 5.41) is 3.54. The lowest BCUT2D eigenvalue weighted by atomic mass is 9.91. The molecule has 0 saturated heterocycles. The van der Waals surface area contributed by atoms with Crippen molar-refractivity contribution >= 4 is 0 Å². The van der Waals surface area contributed by atoms with Gasteiger partial charge < -0.3 is 5.32 Å². The van der Waals surface area contributed by atoms with E-state index in [1.54, 1.807) is 5.56 Å². The molecule has 20 heavy (non-hydrogen) atoms. The maximum atomic E-state index is 3.54. The van der Waals surface area contributed by atoms with Crippen LogP contribution in [0, 0.1) is 26.7 Å². The van der Waals surface area contributed by atoms with Crippen LogP contribution >= 0.6 is 0 Å². The largest absolute Gasteiger partial charge is 0.317 e. The topological polar surface area (TPSA) is 12.0 Å². The van der Waals surface area contributed by atoms with E-state index >= 15 is 0 Å². The first-order valence-corrected chi connectivity index (χ1v) is 8.34. The van der Waals surface area contributed by atoms with Gasteiger partial charge in [0.1, 0.15) is 0 Å². The van der Waals surface area contributed by atoms with Crippen molar-refractivity contribution in [1.82, 2.24) is 5.32 Å². The van der Waals surface area contributed by atoms with E-state index in [0.29, 0.717) is 6.04 Å². The molecule has 1 heteroatoms. The van der Waals surface area contributed by atoms with Gasteiger partial charge in [-0.15, -0.1) is 0 Å². The second-order valence-electron chi connectivity index (χ2n) is 6.79. The fourth-order valence-electron chi connectivity index (χ4n) is 3.86. The third kappa shape index (κ3) is 4.09. The molecule has 1 atom stereocenters. The fourth-order valence-corrected chi connectivity index (χ4v) is 3.86. The van der Waals surface area contributed by atoms with E-state index in [2.05, 4.69) is 45.3 Å². The van der Waals surface area contributed by atoms with E-state index < -0.39 is 0 Å². The van der Waals surface area contributed by atoms with E-state index in [4.69, 9.17) is 0 Å². The Bertz CT molecular complexity index is 406. The molecule has 1 unspecified atom stereocenters. The standard InChI is InChI=1S/C19H31N/c1-14-11-15(2)19(16(3)12-14)13-18(20-4)10-9-17-7-5-6-8-17/h11-12,17-18,20H,5-10,13H2,1-4H3. The summed E-state index contributed by atoms with van der Waals surface area (Å²) in [6.07, 6.45) is 9.79. The maximum absolute atomic E-state index is 3.54. The monoisotopic (exact) mass is 273 g/mol. The molecular formula is C19H31N. The van der Waals surface area contributed by atoms with Gasteiger partial charge in [0.05, 0.1) is 0 Å². The molecular weight excluding hydrogens is 242 g/mol. The van der Waals surface area contributed by atoms with Crippen LogP contribution in [0.4, 0.5) is 0 Å². The third-order valence-corrected chi connectivity index (χ3v) is 5.10. The van der Waals surface area contributed by atoms with Crippen LogP contribution in [0.25, 0.3) is 0 Å². The number of nitrogens with one attached hydrogen (secondary N) is 1. The molecule has 1 aromatic carbocycles. The molecule has 0 radical (unpaired) electrons. The minimum atomic E-state index is 0.635. The molecule has 1 aliphatic carbocycles. The van der Waals surface area contributed by atoms with Gasteiger partial charge in [0.25, 0.3) is 0 Å². The van der Waals surface area contributed by atoms with Crippen LogP contribution in [0.3, 0.4) is 0 Å². The van der Waals surface area contributed by atoms with Crippen molar-refractivity contribution in [2.45, 2.75) is 71.8 Å². The highest BCUT2D eigenvalue weighted by atomic mass is 14.9. The number of hydrogen-bond donors (Lipinski definition) is 1. The van der Waals surface area contributed by atoms with Gasteiger partial charge in [0, 0.05) is 6.04 Å². The van der Waals surface area contributed by atoms with Crippen LogP contribution in [0.15, 0.2) is 12.1 Å². The zero-order valence-corrected chi connectivity index (χ0v) is 13.8. The van der Waals surface area contributed by atoms with Gasteiger partial charge in [-0.05, 0) is 69.7 Å². The van der Waals surface area contributed by atoms with E-state index in [1.165, 1.54) is 61.6 Å². The smallest absolute Gasteiger partial charge is 0.0105 e. The van der Waals surface area contributed by atoms with Gasteiger partial charge >= 0.3 is 0 Å². The number of aryl methyl sites for hydroxylation is 3. The lowest BCUT2D eigenvalue weighted by Crippen LogP contribution is -2.28. The Balaban J connectivity index is 1.95. The first kappa shape index (κ1) is 15.6. The maximum Gasteiger partial charge on any atom is 0.0105 e. The van der Waals surface area contributed by atoms with Crippen molar-refractivity contribution in [2.24, 2.45) is 5.92 Å². The van der Waals surface area contributed by atoms with Crippen LogP contribution in [-0.4, -0.2) is 13.1 Å². The second-order valence-corrected chi connectivity index (χ2v) is 6.79. The van der Waals surface area contributed by atoms with Gasteiger partial charge in [0.2, 0.25) is 0 Å². The molecule has 1 aromatic rings. The van der Waals surface area contributed by atoms with Gasteiger partial charge in [-0.2, -0.15) is 0 Å². The molecule has 1 nitrogen and oxygen atoms in total. The summed E-state index contributed by atoms with van der Waals surface area (Å²) in [6, 6.07) is 5.29. The van der Waals surface area contributed by atoms with Crippen molar-refractivity contribution < 1.29 is 0 Å². The third-order valence-electron chi connectivity index (χ3n) is 5.10. The molecule has 1 N–H and O–H groups in total. The first-order chi connectivity index (χ1) is 9.60. The zero-order chi connectivity index (χ0) is 14.5. The van der Waals surface area contributed by atoms with Crippen molar-refractivity contribution in [3.63, 3.8) is 0 Å². The van der Waals surface area contributed by atoms with E-state index in [9.17, 15) is 0 Å². The van der Waals surface area contributed by atoms with Crippen LogP contribution < -0.4 is 5.32 Å². The minimum absolute atomic E-state index is 0.635. The lowest BCUT2D eigenvalue weighted by molar-refractivity contribution is 0.418. The Morgan fingerprint density at radius 1 is 1.10 bits per heavy atom. The van der Waals surface area contributed by atoms with Crippen molar-refractivity contribution in [1.29, 1.82) is 0 Å². The first-order valence-electron chi connectivity index (χ1n) is 8.34. The average Bonchev–Trinajstić information content (AvgIpc) is 2.90. The molecule has 112 valence electrons. The molecule has 1 aliphatic rings. The number of likely N-dealkylation sites (N-methyl/N-ethyl adjacent to an activating group) is 1. The molecule has 0 heterocycles. The highest BCUT2D eigenvalue weighted by Gasteiger charge is 2.18. The second kappa shape index (κ2) is 7.26. The Kier molecular flexibility index (Phi) is 5.65. The summed E-state index contributed by atoms with van der Waals surface area (Å²) in [5.41, 5.74) is 5.87. The van der Waals surface area contributed by atoms with Crippen LogP contribution in [-0.2, 0) is 6.42 Å². The Morgan fingerprint density at radius 3 is 2.25 bits per heavy atom. The quantitative estimate of drug-likeness (QED) is 0.791. The molecule has 1 fully saturated rings. The van der Waals surface area contributed by atoms with Crippen LogP contribution in [0.1, 0.15) is 60.8 Å². The van der Waals surface area contributed by atoms with Crippen molar-refractivity contribution in [3.05, 3.63) is 34.4 Å². The molecule has 0 aliphatic heterocycles. The summed E-state index contributed by atoms with van der Waals surface area (Å²) in [4.78, 5) is 0. The number of benzene rings is 1. The molecule has 0 aromatic heterocycles. The SMILES string of the molecule is CNC(CCC1CCCC1)Cc1c(C)cc(C)cc1C. The Morgan fingerprint density at radius 2 is 1.70 bits per heavy atom. The van der Waals surface area contributed by atoms with E-state index in [1.807, 2.05) is 0 Å². The zero-order valence-electron chi connectivity index (χ0n) is 13.8. The van der Waals surface area contributed by atoms with Gasteiger partial charge in [0.15, 0.2) is 0 Å². The Hall–Kier alpha value is -0.820. The predicted octanol–water partition coefficient (Wildman–Crippen LogP) is 4.71. The van der Waals surface area contributed by atoms with Crippen LogP contribution in [0.5, 0.6) is 0 Å². The molecule has 0 spiro atoms. The lowest BCUT2D eigenvalue weighted by Gasteiger charge is -2.21. The highest BCUT2D eigenvalue weighted by molar-refractivity contribution is 5.38. The van der Waals surface area contributed by atoms with Gasteiger partial charge in [-0.3, -0.25) is 0 Å². The summed E-state index contributed by atoms with van der Waals surface area (Å²) in [5.74, 6) is 1.01. The number of hydrogen-bond acceptors (Lipinski definition) is 1. The van der Waals surface area contributed by atoms with Crippen LogP contribution in [0.2, 0.25) is 0 Å². The summed E-state index contributed by atoms with van der Waals surface area (Å²) >= 11 is 0. The molecule has 1 saturated carbocycles. The fraction of sp³-hybridized carbons (Fsp3) is 0.684.